The molecule has 0 saturated heterocycles. The highest BCUT2D eigenvalue weighted by molar-refractivity contribution is 7.98. The monoisotopic (exact) mass is 208 g/mol. The maximum absolute atomic E-state index is 5.55. The first-order valence-corrected chi connectivity index (χ1v) is 6.26. The molecule has 0 spiro atoms. The standard InChI is InChI=1S/C12H16OS/c1-10-3-2-4-11-9-14-8-7-13-6-5-12(10)11/h2-4H,5-9H2,1H3. The van der Waals surface area contributed by atoms with E-state index in [0.29, 0.717) is 0 Å². The van der Waals surface area contributed by atoms with E-state index in [0.717, 1.165) is 31.1 Å². The first kappa shape index (κ1) is 10.1. The zero-order valence-corrected chi connectivity index (χ0v) is 9.40. The molecule has 0 N–H and O–H groups in total. The lowest BCUT2D eigenvalue weighted by Gasteiger charge is -2.10. The maximum Gasteiger partial charge on any atom is 0.0556 e. The Morgan fingerprint density at radius 1 is 1.29 bits per heavy atom. The summed E-state index contributed by atoms with van der Waals surface area (Å²) in [5.41, 5.74) is 4.41. The Bertz CT molecular complexity index is 309. The SMILES string of the molecule is Cc1cccc2c1CCOCCSC2. The molecule has 0 amide bonds. The summed E-state index contributed by atoms with van der Waals surface area (Å²) in [6, 6.07) is 6.61. The normalized spacial score (nSPS) is 17.8. The van der Waals surface area contributed by atoms with Gasteiger partial charge in [0.2, 0.25) is 0 Å². The number of fused-ring (bicyclic) bond motifs is 1. The molecule has 0 aliphatic carbocycles. The molecule has 1 aromatic rings. The minimum Gasteiger partial charge on any atom is -0.380 e. The number of ether oxygens (including phenoxy) is 1. The van der Waals surface area contributed by atoms with Gasteiger partial charge in [-0.2, -0.15) is 11.8 Å². The number of hydrogen-bond donors (Lipinski definition) is 0. The molecule has 0 radical (unpaired) electrons. The van der Waals surface area contributed by atoms with Crippen LogP contribution in [0.4, 0.5) is 0 Å². The zero-order chi connectivity index (χ0) is 9.80. The van der Waals surface area contributed by atoms with Gasteiger partial charge in [-0.3, -0.25) is 0 Å². The lowest BCUT2D eigenvalue weighted by molar-refractivity contribution is 0.153. The molecule has 76 valence electrons. The Labute approximate surface area is 89.9 Å². The molecule has 0 atom stereocenters. The van der Waals surface area contributed by atoms with Crippen molar-refractivity contribution in [2.45, 2.75) is 19.1 Å². The summed E-state index contributed by atoms with van der Waals surface area (Å²) in [6.45, 7) is 3.97. The molecule has 0 saturated carbocycles. The van der Waals surface area contributed by atoms with Crippen molar-refractivity contribution in [3.05, 3.63) is 34.9 Å². The van der Waals surface area contributed by atoms with E-state index >= 15 is 0 Å². The third kappa shape index (κ3) is 2.31. The third-order valence-corrected chi connectivity index (χ3v) is 3.60. The van der Waals surface area contributed by atoms with Crippen molar-refractivity contribution in [3.63, 3.8) is 0 Å². The second-order valence-electron chi connectivity index (χ2n) is 3.63. The molecule has 1 aliphatic rings. The van der Waals surface area contributed by atoms with Gasteiger partial charge < -0.3 is 4.74 Å². The van der Waals surface area contributed by atoms with Crippen molar-refractivity contribution >= 4 is 11.8 Å². The van der Waals surface area contributed by atoms with Crippen molar-refractivity contribution in [2.75, 3.05) is 19.0 Å². The summed E-state index contributed by atoms with van der Waals surface area (Å²) >= 11 is 1.97. The molecule has 0 aromatic heterocycles. The summed E-state index contributed by atoms with van der Waals surface area (Å²) in [4.78, 5) is 0. The molecule has 2 heteroatoms. The molecule has 1 aliphatic heterocycles. The molecule has 0 fully saturated rings. The fraction of sp³-hybridized carbons (Fsp3) is 0.500. The van der Waals surface area contributed by atoms with E-state index in [1.165, 1.54) is 16.7 Å². The predicted molar refractivity (Wildman–Crippen MR) is 61.9 cm³/mol. The fourth-order valence-electron chi connectivity index (χ4n) is 1.83. The van der Waals surface area contributed by atoms with Crippen LogP contribution in [0.2, 0.25) is 0 Å². The van der Waals surface area contributed by atoms with Gasteiger partial charge in [-0.1, -0.05) is 18.2 Å². The van der Waals surface area contributed by atoms with Gasteiger partial charge >= 0.3 is 0 Å². The van der Waals surface area contributed by atoms with E-state index in [-0.39, 0.29) is 0 Å². The molecule has 1 heterocycles. The lowest BCUT2D eigenvalue weighted by atomic mass is 10.0. The second kappa shape index (κ2) is 4.85. The van der Waals surface area contributed by atoms with E-state index in [9.17, 15) is 0 Å². The molecule has 14 heavy (non-hydrogen) atoms. The number of benzene rings is 1. The van der Waals surface area contributed by atoms with Crippen LogP contribution in [-0.4, -0.2) is 19.0 Å². The number of rotatable bonds is 0. The summed E-state index contributed by atoms with van der Waals surface area (Å²) in [5.74, 6) is 2.26. The largest absolute Gasteiger partial charge is 0.380 e. The average Bonchev–Trinajstić information content (AvgIpc) is 2.30. The summed E-state index contributed by atoms with van der Waals surface area (Å²) < 4.78 is 5.55. The lowest BCUT2D eigenvalue weighted by Crippen LogP contribution is -2.02. The van der Waals surface area contributed by atoms with Gasteiger partial charge in [0, 0.05) is 11.5 Å². The van der Waals surface area contributed by atoms with Crippen molar-refractivity contribution in [2.24, 2.45) is 0 Å². The van der Waals surface area contributed by atoms with Crippen LogP contribution in [0.3, 0.4) is 0 Å². The molecule has 1 nitrogen and oxygen atoms in total. The van der Waals surface area contributed by atoms with Crippen LogP contribution in [0.5, 0.6) is 0 Å². The van der Waals surface area contributed by atoms with E-state index in [4.69, 9.17) is 4.74 Å². The summed E-state index contributed by atoms with van der Waals surface area (Å²) in [5, 5.41) is 0. The van der Waals surface area contributed by atoms with Crippen molar-refractivity contribution < 1.29 is 4.74 Å². The van der Waals surface area contributed by atoms with E-state index in [1.807, 2.05) is 11.8 Å². The first-order chi connectivity index (χ1) is 6.88. The second-order valence-corrected chi connectivity index (χ2v) is 4.73. The third-order valence-electron chi connectivity index (χ3n) is 2.63. The fourth-order valence-corrected chi connectivity index (χ4v) is 2.70. The van der Waals surface area contributed by atoms with E-state index in [1.54, 1.807) is 0 Å². The highest BCUT2D eigenvalue weighted by Gasteiger charge is 2.07. The predicted octanol–water partition coefficient (Wildman–Crippen LogP) is 2.80. The van der Waals surface area contributed by atoms with Crippen LogP contribution in [0.15, 0.2) is 18.2 Å². The highest BCUT2D eigenvalue weighted by atomic mass is 32.2. The minimum absolute atomic E-state index is 0.873. The van der Waals surface area contributed by atoms with Gasteiger partial charge in [0.1, 0.15) is 0 Å². The Hall–Kier alpha value is -0.470. The summed E-state index contributed by atoms with van der Waals surface area (Å²) in [7, 11) is 0. The Kier molecular flexibility index (Phi) is 3.49. The van der Waals surface area contributed by atoms with Gasteiger partial charge in [0.05, 0.1) is 13.2 Å². The first-order valence-electron chi connectivity index (χ1n) is 5.11. The molecule has 0 unspecified atom stereocenters. The van der Waals surface area contributed by atoms with E-state index in [2.05, 4.69) is 25.1 Å². The van der Waals surface area contributed by atoms with Gasteiger partial charge in [-0.25, -0.2) is 0 Å². The Morgan fingerprint density at radius 3 is 3.14 bits per heavy atom. The van der Waals surface area contributed by atoms with Crippen LogP contribution >= 0.6 is 11.8 Å². The van der Waals surface area contributed by atoms with Crippen molar-refractivity contribution in [3.8, 4) is 0 Å². The molecule has 0 bridgehead atoms. The van der Waals surface area contributed by atoms with Gasteiger partial charge in [-0.05, 0) is 30.0 Å². The number of aryl methyl sites for hydroxylation is 1. The van der Waals surface area contributed by atoms with E-state index < -0.39 is 0 Å². The molecular weight excluding hydrogens is 192 g/mol. The van der Waals surface area contributed by atoms with Crippen LogP contribution in [0.1, 0.15) is 16.7 Å². The van der Waals surface area contributed by atoms with Crippen LogP contribution < -0.4 is 0 Å². The zero-order valence-electron chi connectivity index (χ0n) is 8.58. The van der Waals surface area contributed by atoms with Crippen molar-refractivity contribution in [1.29, 1.82) is 0 Å². The average molecular weight is 208 g/mol. The topological polar surface area (TPSA) is 9.23 Å². The van der Waals surface area contributed by atoms with Crippen LogP contribution in [0, 0.1) is 6.92 Å². The van der Waals surface area contributed by atoms with Crippen molar-refractivity contribution in [1.82, 2.24) is 0 Å². The van der Waals surface area contributed by atoms with Crippen LogP contribution in [0.25, 0.3) is 0 Å². The van der Waals surface area contributed by atoms with Gasteiger partial charge in [0.15, 0.2) is 0 Å². The van der Waals surface area contributed by atoms with Gasteiger partial charge in [-0.15, -0.1) is 0 Å². The molecule has 2 rings (SSSR count). The highest BCUT2D eigenvalue weighted by Crippen LogP contribution is 2.21. The number of hydrogen-bond acceptors (Lipinski definition) is 2. The molecule has 1 aromatic carbocycles. The maximum atomic E-state index is 5.55. The Morgan fingerprint density at radius 2 is 2.21 bits per heavy atom. The smallest absolute Gasteiger partial charge is 0.0556 e. The minimum atomic E-state index is 0.873. The Balaban J connectivity index is 2.26. The van der Waals surface area contributed by atoms with Gasteiger partial charge in [0.25, 0.3) is 0 Å². The molecular formula is C12H16OS. The van der Waals surface area contributed by atoms with Crippen LogP contribution in [-0.2, 0) is 16.9 Å². The summed E-state index contributed by atoms with van der Waals surface area (Å²) in [6.07, 6.45) is 1.07. The quantitative estimate of drug-likeness (QED) is 0.648. The number of thioether (sulfide) groups is 1.